The number of esters is 1. The van der Waals surface area contributed by atoms with Crippen molar-refractivity contribution in [3.8, 4) is 11.5 Å². The molecule has 0 heterocycles. The number of phenols is 1. The zero-order valence-electron chi connectivity index (χ0n) is 11.5. The van der Waals surface area contributed by atoms with E-state index in [0.29, 0.717) is 12.1 Å². The third kappa shape index (κ3) is 3.60. The lowest BCUT2D eigenvalue weighted by molar-refractivity contribution is -0.115. The molecule has 5 heteroatoms. The summed E-state index contributed by atoms with van der Waals surface area (Å²) in [7, 11) is 0. The van der Waals surface area contributed by atoms with Gasteiger partial charge in [0.25, 0.3) is 0 Å². The van der Waals surface area contributed by atoms with Crippen molar-refractivity contribution in [1.82, 2.24) is 0 Å². The lowest BCUT2D eigenvalue weighted by Crippen LogP contribution is -2.16. The molecule has 0 saturated heterocycles. The van der Waals surface area contributed by atoms with Crippen molar-refractivity contribution < 1.29 is 19.4 Å². The van der Waals surface area contributed by atoms with Crippen LogP contribution in [0, 0.1) is 0 Å². The average molecular weight is 285 g/mol. The van der Waals surface area contributed by atoms with Crippen molar-refractivity contribution in [2.75, 3.05) is 5.32 Å². The second-order valence-corrected chi connectivity index (χ2v) is 4.30. The molecule has 108 valence electrons. The normalized spacial score (nSPS) is 9.95. The number of nitrogens with one attached hydrogen (secondary N) is 1. The molecular weight excluding hydrogens is 270 g/mol. The molecule has 0 fully saturated rings. The summed E-state index contributed by atoms with van der Waals surface area (Å²) in [4.78, 5) is 23.6. The molecule has 0 unspecified atom stereocenters. The van der Waals surface area contributed by atoms with Gasteiger partial charge in [-0.15, -0.1) is 0 Å². The first-order valence-electron chi connectivity index (χ1n) is 6.51. The highest BCUT2D eigenvalue weighted by Gasteiger charge is 2.16. The average Bonchev–Trinajstić information content (AvgIpc) is 2.50. The number of benzene rings is 2. The molecule has 0 atom stereocenters. The molecule has 0 spiro atoms. The zero-order valence-corrected chi connectivity index (χ0v) is 11.5. The Labute approximate surface area is 122 Å². The monoisotopic (exact) mass is 285 g/mol. The first-order valence-corrected chi connectivity index (χ1v) is 6.51. The predicted octanol–water partition coefficient (Wildman–Crippen LogP) is 2.96. The second-order valence-electron chi connectivity index (χ2n) is 4.30. The van der Waals surface area contributed by atoms with E-state index in [2.05, 4.69) is 5.32 Å². The lowest BCUT2D eigenvalue weighted by Gasteiger charge is -2.10. The Balaban J connectivity index is 2.23. The van der Waals surface area contributed by atoms with Crippen LogP contribution in [0.2, 0.25) is 0 Å². The highest BCUT2D eigenvalue weighted by molar-refractivity contribution is 6.02. The van der Waals surface area contributed by atoms with E-state index < -0.39 is 5.97 Å². The molecule has 0 aliphatic heterocycles. The van der Waals surface area contributed by atoms with Gasteiger partial charge < -0.3 is 15.2 Å². The van der Waals surface area contributed by atoms with Crippen LogP contribution in [0.5, 0.6) is 11.5 Å². The largest absolute Gasteiger partial charge is 0.504 e. The van der Waals surface area contributed by atoms with Gasteiger partial charge in [-0.1, -0.05) is 31.2 Å². The molecule has 2 aromatic carbocycles. The van der Waals surface area contributed by atoms with Gasteiger partial charge in [0.2, 0.25) is 5.91 Å². The second kappa shape index (κ2) is 6.56. The highest BCUT2D eigenvalue weighted by atomic mass is 16.5. The fraction of sp³-hybridized carbons (Fsp3) is 0.125. The summed E-state index contributed by atoms with van der Waals surface area (Å²) in [5, 5.41) is 12.3. The Morgan fingerprint density at radius 2 is 1.76 bits per heavy atom. The quantitative estimate of drug-likeness (QED) is 0.669. The Hall–Kier alpha value is -2.82. The van der Waals surface area contributed by atoms with Crippen LogP contribution >= 0.6 is 0 Å². The molecule has 21 heavy (non-hydrogen) atoms. The van der Waals surface area contributed by atoms with Gasteiger partial charge >= 0.3 is 5.97 Å². The molecule has 2 rings (SSSR count). The number of carbonyl (C=O) groups excluding carboxylic acids is 2. The molecule has 0 saturated carbocycles. The molecule has 0 aliphatic carbocycles. The summed E-state index contributed by atoms with van der Waals surface area (Å²) in [6, 6.07) is 12.7. The van der Waals surface area contributed by atoms with Gasteiger partial charge in [0, 0.05) is 6.42 Å². The number of rotatable bonds is 4. The maximum absolute atomic E-state index is 12.2. The summed E-state index contributed by atoms with van der Waals surface area (Å²) in [6.07, 6.45) is 0.308. The van der Waals surface area contributed by atoms with Gasteiger partial charge in [0.05, 0.1) is 11.3 Å². The Kier molecular flexibility index (Phi) is 4.56. The van der Waals surface area contributed by atoms with Crippen molar-refractivity contribution in [3.05, 3.63) is 54.1 Å². The first kappa shape index (κ1) is 14.6. The summed E-state index contributed by atoms with van der Waals surface area (Å²) >= 11 is 0. The van der Waals surface area contributed by atoms with Gasteiger partial charge in [0.1, 0.15) is 0 Å². The number of para-hydroxylation sites is 3. The standard InChI is InChI=1S/C16H15NO4/c1-2-15(19)17-12-8-4-3-7-11(12)16(20)21-14-10-6-5-9-13(14)18/h3-10,18H,2H2,1H3,(H,17,19). The van der Waals surface area contributed by atoms with Crippen LogP contribution < -0.4 is 10.1 Å². The minimum Gasteiger partial charge on any atom is -0.504 e. The van der Waals surface area contributed by atoms with Gasteiger partial charge in [-0.25, -0.2) is 4.79 Å². The molecule has 2 N–H and O–H groups in total. The summed E-state index contributed by atoms with van der Waals surface area (Å²) in [5.74, 6) is -0.902. The number of aromatic hydroxyl groups is 1. The third-order valence-electron chi connectivity index (χ3n) is 2.81. The zero-order chi connectivity index (χ0) is 15.2. The molecule has 0 radical (unpaired) electrons. The molecular formula is C16H15NO4. The minimum atomic E-state index is -0.650. The number of ether oxygens (including phenoxy) is 1. The van der Waals surface area contributed by atoms with Crippen LogP contribution in [0.1, 0.15) is 23.7 Å². The van der Waals surface area contributed by atoms with Gasteiger partial charge in [-0.05, 0) is 24.3 Å². The Morgan fingerprint density at radius 3 is 2.48 bits per heavy atom. The molecule has 0 aliphatic rings. The SMILES string of the molecule is CCC(=O)Nc1ccccc1C(=O)Oc1ccccc1O. The fourth-order valence-electron chi connectivity index (χ4n) is 1.71. The topological polar surface area (TPSA) is 75.6 Å². The van der Waals surface area contributed by atoms with Gasteiger partial charge in [0.15, 0.2) is 11.5 Å². The molecule has 0 bridgehead atoms. The molecule has 2 aromatic rings. The predicted molar refractivity (Wildman–Crippen MR) is 78.4 cm³/mol. The third-order valence-corrected chi connectivity index (χ3v) is 2.81. The van der Waals surface area contributed by atoms with E-state index >= 15 is 0 Å². The van der Waals surface area contributed by atoms with E-state index in [0.717, 1.165) is 0 Å². The van der Waals surface area contributed by atoms with Crippen molar-refractivity contribution in [3.63, 3.8) is 0 Å². The molecule has 5 nitrogen and oxygen atoms in total. The van der Waals surface area contributed by atoms with Crippen molar-refractivity contribution in [1.29, 1.82) is 0 Å². The van der Waals surface area contributed by atoms with E-state index in [1.54, 1.807) is 43.3 Å². The van der Waals surface area contributed by atoms with Crippen LogP contribution in [0.3, 0.4) is 0 Å². The van der Waals surface area contributed by atoms with Crippen LogP contribution in [0.15, 0.2) is 48.5 Å². The van der Waals surface area contributed by atoms with E-state index in [1.807, 2.05) is 0 Å². The number of hydrogen-bond donors (Lipinski definition) is 2. The number of anilines is 1. The van der Waals surface area contributed by atoms with Crippen molar-refractivity contribution in [2.24, 2.45) is 0 Å². The Bertz CT molecular complexity index is 667. The fourth-order valence-corrected chi connectivity index (χ4v) is 1.71. The van der Waals surface area contributed by atoms with E-state index in [1.165, 1.54) is 12.1 Å². The van der Waals surface area contributed by atoms with Crippen molar-refractivity contribution in [2.45, 2.75) is 13.3 Å². The van der Waals surface area contributed by atoms with Crippen LogP contribution in [-0.2, 0) is 4.79 Å². The first-order chi connectivity index (χ1) is 10.1. The lowest BCUT2D eigenvalue weighted by atomic mass is 10.1. The van der Waals surface area contributed by atoms with Crippen LogP contribution in [0.4, 0.5) is 5.69 Å². The summed E-state index contributed by atoms with van der Waals surface area (Å²) in [5.41, 5.74) is 0.604. The highest BCUT2D eigenvalue weighted by Crippen LogP contribution is 2.26. The maximum atomic E-state index is 12.2. The number of phenolic OH excluding ortho intramolecular Hbond substituents is 1. The van der Waals surface area contributed by atoms with E-state index in [4.69, 9.17) is 4.74 Å². The summed E-state index contributed by atoms with van der Waals surface area (Å²) < 4.78 is 5.15. The Morgan fingerprint density at radius 1 is 1.10 bits per heavy atom. The number of amides is 1. The van der Waals surface area contributed by atoms with Crippen LogP contribution in [0.25, 0.3) is 0 Å². The number of carbonyl (C=O) groups is 2. The maximum Gasteiger partial charge on any atom is 0.345 e. The minimum absolute atomic E-state index is 0.0686. The van der Waals surface area contributed by atoms with Gasteiger partial charge in [-0.2, -0.15) is 0 Å². The van der Waals surface area contributed by atoms with E-state index in [-0.39, 0.29) is 23.0 Å². The number of hydrogen-bond acceptors (Lipinski definition) is 4. The summed E-state index contributed by atoms with van der Waals surface area (Å²) in [6.45, 7) is 1.72. The molecule has 1 amide bonds. The van der Waals surface area contributed by atoms with Gasteiger partial charge in [-0.3, -0.25) is 4.79 Å². The van der Waals surface area contributed by atoms with E-state index in [9.17, 15) is 14.7 Å². The smallest absolute Gasteiger partial charge is 0.345 e. The van der Waals surface area contributed by atoms with Crippen molar-refractivity contribution >= 4 is 17.6 Å². The van der Waals surface area contributed by atoms with Crippen LogP contribution in [-0.4, -0.2) is 17.0 Å². The molecule has 0 aromatic heterocycles.